The van der Waals surface area contributed by atoms with Crippen LogP contribution in [0.5, 0.6) is 0 Å². The number of halogens is 2. The molecule has 22 heavy (non-hydrogen) atoms. The van der Waals surface area contributed by atoms with Gasteiger partial charge >= 0.3 is 0 Å². The molecule has 0 radical (unpaired) electrons. The predicted molar refractivity (Wildman–Crippen MR) is 91.9 cm³/mol. The topological polar surface area (TPSA) is 49.3 Å². The van der Waals surface area contributed by atoms with Crippen LogP contribution in [0.15, 0.2) is 47.4 Å². The van der Waals surface area contributed by atoms with Gasteiger partial charge in [-0.05, 0) is 35.9 Å². The number of amides is 1. The van der Waals surface area contributed by atoms with E-state index in [0.29, 0.717) is 21.4 Å². The molecule has 0 aromatic heterocycles. The molecule has 0 aliphatic heterocycles. The lowest BCUT2D eigenvalue weighted by Crippen LogP contribution is -2.26. The summed E-state index contributed by atoms with van der Waals surface area (Å²) in [5, 5.41) is 12.7. The fourth-order valence-corrected chi connectivity index (χ4v) is 3.26. The zero-order valence-corrected chi connectivity index (χ0v) is 14.0. The molecule has 2 aromatic rings. The lowest BCUT2D eigenvalue weighted by Gasteiger charge is -2.07. The summed E-state index contributed by atoms with van der Waals surface area (Å²) >= 11 is 13.7. The van der Waals surface area contributed by atoms with Crippen molar-refractivity contribution in [2.24, 2.45) is 0 Å². The van der Waals surface area contributed by atoms with Crippen LogP contribution >= 0.6 is 35.0 Å². The van der Waals surface area contributed by atoms with Gasteiger partial charge in [0.15, 0.2) is 0 Å². The Hall–Kier alpha value is -1.20. The lowest BCUT2D eigenvalue weighted by molar-refractivity contribution is 0.0944. The molecule has 0 atom stereocenters. The number of carbonyl (C=O) groups excluding carboxylic acids is 1. The fraction of sp³-hybridized carbons (Fsp3) is 0.188. The molecule has 0 aliphatic carbocycles. The third-order valence-electron chi connectivity index (χ3n) is 2.87. The molecule has 0 aliphatic rings. The maximum absolute atomic E-state index is 11.9. The molecule has 6 heteroatoms. The van der Waals surface area contributed by atoms with Crippen LogP contribution in [0.3, 0.4) is 0 Å². The van der Waals surface area contributed by atoms with Crippen LogP contribution in [-0.4, -0.2) is 24.2 Å². The van der Waals surface area contributed by atoms with Crippen LogP contribution in [0.1, 0.15) is 15.9 Å². The number of nitrogens with one attached hydrogen (secondary N) is 1. The molecule has 2 N–H and O–H groups in total. The SMILES string of the molecule is O=C(NCCO)c1cccc(CSc2cc(Cl)ccc2Cl)c1. The highest BCUT2D eigenvalue weighted by Gasteiger charge is 2.07. The smallest absolute Gasteiger partial charge is 0.251 e. The highest BCUT2D eigenvalue weighted by molar-refractivity contribution is 7.98. The number of hydrogen-bond donors (Lipinski definition) is 2. The lowest BCUT2D eigenvalue weighted by atomic mass is 10.1. The van der Waals surface area contributed by atoms with E-state index in [0.717, 1.165) is 10.5 Å². The van der Waals surface area contributed by atoms with Crippen LogP contribution in [0.4, 0.5) is 0 Å². The second-order valence-electron chi connectivity index (χ2n) is 4.54. The van der Waals surface area contributed by atoms with Crippen LogP contribution in [-0.2, 0) is 5.75 Å². The Bertz CT molecular complexity index is 664. The summed E-state index contributed by atoms with van der Waals surface area (Å²) in [4.78, 5) is 12.8. The average molecular weight is 356 g/mol. The van der Waals surface area contributed by atoms with Gasteiger partial charge in [-0.1, -0.05) is 35.3 Å². The van der Waals surface area contributed by atoms with Crippen molar-refractivity contribution < 1.29 is 9.90 Å². The molecular weight excluding hydrogens is 341 g/mol. The molecule has 2 rings (SSSR count). The molecule has 0 saturated heterocycles. The molecule has 0 spiro atoms. The van der Waals surface area contributed by atoms with Gasteiger partial charge < -0.3 is 10.4 Å². The molecule has 0 heterocycles. The second kappa shape index (κ2) is 8.44. The molecule has 1 amide bonds. The fourth-order valence-electron chi connectivity index (χ4n) is 1.82. The standard InChI is InChI=1S/C16H15Cl2NO2S/c17-13-4-5-14(18)15(9-13)22-10-11-2-1-3-12(8-11)16(21)19-6-7-20/h1-5,8-9,20H,6-7,10H2,(H,19,21). The van der Waals surface area contributed by atoms with Gasteiger partial charge in [0.25, 0.3) is 5.91 Å². The second-order valence-corrected chi connectivity index (χ2v) is 6.40. The first kappa shape index (κ1) is 17.2. The molecule has 0 fully saturated rings. The average Bonchev–Trinajstić information content (AvgIpc) is 2.53. The van der Waals surface area contributed by atoms with Gasteiger partial charge in [-0.2, -0.15) is 0 Å². The summed E-state index contributed by atoms with van der Waals surface area (Å²) < 4.78 is 0. The Morgan fingerprint density at radius 2 is 2.00 bits per heavy atom. The van der Waals surface area contributed by atoms with Crippen molar-refractivity contribution in [3.63, 3.8) is 0 Å². The van der Waals surface area contributed by atoms with E-state index in [-0.39, 0.29) is 19.1 Å². The van der Waals surface area contributed by atoms with Gasteiger partial charge in [-0.25, -0.2) is 0 Å². The maximum Gasteiger partial charge on any atom is 0.251 e. The number of aliphatic hydroxyl groups excluding tert-OH is 1. The first-order valence-electron chi connectivity index (χ1n) is 6.66. The van der Waals surface area contributed by atoms with Gasteiger partial charge in [0.05, 0.1) is 11.6 Å². The molecule has 0 unspecified atom stereocenters. The number of hydrogen-bond acceptors (Lipinski definition) is 3. The van der Waals surface area contributed by atoms with Gasteiger partial charge in [0, 0.05) is 27.8 Å². The highest BCUT2D eigenvalue weighted by Crippen LogP contribution is 2.32. The van der Waals surface area contributed by atoms with Crippen molar-refractivity contribution >= 4 is 40.9 Å². The van der Waals surface area contributed by atoms with E-state index < -0.39 is 0 Å². The van der Waals surface area contributed by atoms with Gasteiger partial charge in [0.2, 0.25) is 0 Å². The summed E-state index contributed by atoms with van der Waals surface area (Å²) in [5.74, 6) is 0.489. The maximum atomic E-state index is 11.9. The van der Waals surface area contributed by atoms with E-state index in [4.69, 9.17) is 28.3 Å². The number of benzene rings is 2. The largest absolute Gasteiger partial charge is 0.395 e. The van der Waals surface area contributed by atoms with Crippen LogP contribution in [0, 0.1) is 0 Å². The molecule has 0 saturated carbocycles. The number of aliphatic hydroxyl groups is 1. The van der Waals surface area contributed by atoms with Crippen molar-refractivity contribution in [3.05, 3.63) is 63.6 Å². The van der Waals surface area contributed by atoms with Gasteiger partial charge in [-0.3, -0.25) is 4.79 Å². The Labute approximate surface area is 143 Å². The summed E-state index contributed by atoms with van der Waals surface area (Å²) in [6.45, 7) is 0.171. The van der Waals surface area contributed by atoms with Crippen molar-refractivity contribution in [1.29, 1.82) is 0 Å². The Balaban J connectivity index is 2.04. The first-order valence-corrected chi connectivity index (χ1v) is 8.40. The number of rotatable bonds is 6. The molecule has 0 bridgehead atoms. The number of carbonyl (C=O) groups is 1. The monoisotopic (exact) mass is 355 g/mol. The highest BCUT2D eigenvalue weighted by atomic mass is 35.5. The van der Waals surface area contributed by atoms with Gasteiger partial charge in [-0.15, -0.1) is 11.8 Å². The van der Waals surface area contributed by atoms with Crippen LogP contribution < -0.4 is 5.32 Å². The van der Waals surface area contributed by atoms with Crippen molar-refractivity contribution in [2.45, 2.75) is 10.6 Å². The Morgan fingerprint density at radius 1 is 1.18 bits per heavy atom. The summed E-state index contributed by atoms with van der Waals surface area (Å²) in [7, 11) is 0. The normalized spacial score (nSPS) is 10.5. The van der Waals surface area contributed by atoms with Gasteiger partial charge in [0.1, 0.15) is 0 Å². The summed E-state index contributed by atoms with van der Waals surface area (Å²) in [6, 6.07) is 12.7. The van der Waals surface area contributed by atoms with E-state index in [1.165, 1.54) is 0 Å². The van der Waals surface area contributed by atoms with Crippen LogP contribution in [0.2, 0.25) is 10.0 Å². The van der Waals surface area contributed by atoms with E-state index in [1.54, 1.807) is 30.0 Å². The third kappa shape index (κ3) is 4.92. The number of thioether (sulfide) groups is 1. The van der Waals surface area contributed by atoms with Crippen molar-refractivity contribution in [3.8, 4) is 0 Å². The first-order chi connectivity index (χ1) is 10.6. The van der Waals surface area contributed by atoms with Crippen molar-refractivity contribution in [2.75, 3.05) is 13.2 Å². The Morgan fingerprint density at radius 3 is 2.77 bits per heavy atom. The minimum Gasteiger partial charge on any atom is -0.395 e. The van der Waals surface area contributed by atoms with Crippen LogP contribution in [0.25, 0.3) is 0 Å². The summed E-state index contributed by atoms with van der Waals surface area (Å²) in [5.41, 5.74) is 1.58. The minimum atomic E-state index is -0.193. The van der Waals surface area contributed by atoms with Crippen molar-refractivity contribution in [1.82, 2.24) is 5.32 Å². The Kier molecular flexibility index (Phi) is 6.58. The zero-order valence-electron chi connectivity index (χ0n) is 11.7. The predicted octanol–water partition coefficient (Wildman–Crippen LogP) is 4.01. The van der Waals surface area contributed by atoms with E-state index in [1.807, 2.05) is 24.3 Å². The third-order valence-corrected chi connectivity index (χ3v) is 4.68. The minimum absolute atomic E-state index is 0.0749. The molecule has 2 aromatic carbocycles. The van der Waals surface area contributed by atoms with E-state index in [2.05, 4.69) is 5.32 Å². The summed E-state index contributed by atoms with van der Waals surface area (Å²) in [6.07, 6.45) is 0. The molecule has 116 valence electrons. The molecular formula is C16H15Cl2NO2S. The molecule has 3 nitrogen and oxygen atoms in total. The quantitative estimate of drug-likeness (QED) is 0.769. The van der Waals surface area contributed by atoms with E-state index in [9.17, 15) is 4.79 Å². The van der Waals surface area contributed by atoms with E-state index >= 15 is 0 Å². The zero-order chi connectivity index (χ0) is 15.9.